The summed E-state index contributed by atoms with van der Waals surface area (Å²) in [5.74, 6) is 0. The third-order valence-corrected chi connectivity index (χ3v) is 2.55. The quantitative estimate of drug-likeness (QED) is 0.719. The smallest absolute Gasteiger partial charge is 0.256 e. The number of fused-ring (bicyclic) bond motifs is 1. The van der Waals surface area contributed by atoms with E-state index in [-0.39, 0.29) is 5.52 Å². The van der Waals surface area contributed by atoms with Gasteiger partial charge in [0.1, 0.15) is 0 Å². The Morgan fingerprint density at radius 3 is 2.56 bits per heavy atom. The lowest BCUT2D eigenvalue weighted by Crippen LogP contribution is -2.06. The molecule has 16 heavy (non-hydrogen) atoms. The summed E-state index contributed by atoms with van der Waals surface area (Å²) in [5.41, 5.74) is 0.255. The van der Waals surface area contributed by atoms with Gasteiger partial charge < -0.3 is 0 Å². The van der Waals surface area contributed by atoms with Crippen molar-refractivity contribution in [3.63, 3.8) is 0 Å². The number of para-hydroxylation sites is 1. The lowest BCUT2D eigenvalue weighted by molar-refractivity contribution is -0.136. The molecule has 0 aliphatic carbocycles. The highest BCUT2D eigenvalue weighted by atomic mass is 19.4. The van der Waals surface area contributed by atoms with E-state index < -0.39 is 11.7 Å². The molecule has 0 spiro atoms. The van der Waals surface area contributed by atoms with Crippen molar-refractivity contribution >= 4 is 10.9 Å². The summed E-state index contributed by atoms with van der Waals surface area (Å²) >= 11 is 0. The van der Waals surface area contributed by atoms with Crippen LogP contribution in [0.4, 0.5) is 13.2 Å². The van der Waals surface area contributed by atoms with Crippen LogP contribution in [0.3, 0.4) is 0 Å². The number of halogens is 3. The van der Waals surface area contributed by atoms with Gasteiger partial charge in [-0.05, 0) is 24.1 Å². The summed E-state index contributed by atoms with van der Waals surface area (Å²) in [4.78, 5) is 3.84. The molecule has 2 rings (SSSR count). The molecule has 84 valence electrons. The molecule has 0 saturated carbocycles. The van der Waals surface area contributed by atoms with E-state index in [1.165, 1.54) is 12.3 Å². The number of pyridine rings is 1. The van der Waals surface area contributed by atoms with E-state index in [4.69, 9.17) is 0 Å². The van der Waals surface area contributed by atoms with E-state index in [0.717, 1.165) is 11.6 Å². The predicted molar refractivity (Wildman–Crippen MR) is 56.1 cm³/mol. The van der Waals surface area contributed by atoms with Gasteiger partial charge in [0.25, 0.3) is 0 Å². The van der Waals surface area contributed by atoms with Crippen LogP contribution < -0.4 is 0 Å². The Hall–Kier alpha value is -1.58. The van der Waals surface area contributed by atoms with Crippen LogP contribution in [0, 0.1) is 0 Å². The SMILES string of the molecule is CCc1ccnc2c(C(F)(F)F)cccc12. The summed E-state index contributed by atoms with van der Waals surface area (Å²) in [6.45, 7) is 1.91. The van der Waals surface area contributed by atoms with E-state index in [1.54, 1.807) is 12.1 Å². The van der Waals surface area contributed by atoms with Gasteiger partial charge in [0.2, 0.25) is 0 Å². The second-order valence-electron chi connectivity index (χ2n) is 3.52. The maximum Gasteiger partial charge on any atom is 0.418 e. The van der Waals surface area contributed by atoms with Crippen LogP contribution >= 0.6 is 0 Å². The molecule has 2 aromatic rings. The lowest BCUT2D eigenvalue weighted by Gasteiger charge is -2.10. The average molecular weight is 225 g/mol. The van der Waals surface area contributed by atoms with Gasteiger partial charge in [-0.25, -0.2) is 0 Å². The third-order valence-electron chi connectivity index (χ3n) is 2.55. The molecule has 0 aliphatic heterocycles. The monoisotopic (exact) mass is 225 g/mol. The highest BCUT2D eigenvalue weighted by Crippen LogP contribution is 2.34. The van der Waals surface area contributed by atoms with Crippen molar-refractivity contribution in [3.8, 4) is 0 Å². The second-order valence-corrected chi connectivity index (χ2v) is 3.52. The molecule has 0 aliphatic rings. The van der Waals surface area contributed by atoms with Crippen molar-refractivity contribution in [2.75, 3.05) is 0 Å². The third kappa shape index (κ3) is 1.75. The van der Waals surface area contributed by atoms with Crippen LogP contribution in [-0.4, -0.2) is 4.98 Å². The summed E-state index contributed by atoms with van der Waals surface area (Å²) in [5, 5.41) is 0.583. The minimum absolute atomic E-state index is 0.0364. The van der Waals surface area contributed by atoms with Crippen LogP contribution in [0.2, 0.25) is 0 Å². The van der Waals surface area contributed by atoms with Gasteiger partial charge in [-0.3, -0.25) is 4.98 Å². The number of hydrogen-bond donors (Lipinski definition) is 0. The van der Waals surface area contributed by atoms with Gasteiger partial charge >= 0.3 is 6.18 Å². The molecule has 1 aromatic carbocycles. The van der Waals surface area contributed by atoms with Crippen molar-refractivity contribution in [3.05, 3.63) is 41.6 Å². The summed E-state index contributed by atoms with van der Waals surface area (Å²) < 4.78 is 38.1. The van der Waals surface area contributed by atoms with Crippen molar-refractivity contribution < 1.29 is 13.2 Å². The minimum atomic E-state index is -4.35. The molecule has 0 radical (unpaired) electrons. The van der Waals surface area contributed by atoms with Gasteiger partial charge in [-0.2, -0.15) is 13.2 Å². The highest BCUT2D eigenvalue weighted by Gasteiger charge is 2.33. The Morgan fingerprint density at radius 1 is 1.19 bits per heavy atom. The summed E-state index contributed by atoms with van der Waals surface area (Å²) in [6, 6.07) is 5.92. The topological polar surface area (TPSA) is 12.9 Å². The molecule has 0 atom stereocenters. The number of nitrogens with zero attached hydrogens (tertiary/aromatic N) is 1. The number of aryl methyl sites for hydroxylation is 1. The number of rotatable bonds is 1. The van der Waals surface area contributed by atoms with E-state index in [9.17, 15) is 13.2 Å². The Bertz CT molecular complexity index is 517. The fourth-order valence-electron chi connectivity index (χ4n) is 1.77. The number of aromatic nitrogens is 1. The Morgan fingerprint density at radius 2 is 1.94 bits per heavy atom. The fraction of sp³-hybridized carbons (Fsp3) is 0.250. The van der Waals surface area contributed by atoms with Gasteiger partial charge in [0.05, 0.1) is 11.1 Å². The van der Waals surface area contributed by atoms with Crippen LogP contribution in [0.1, 0.15) is 18.1 Å². The zero-order valence-electron chi connectivity index (χ0n) is 8.67. The van der Waals surface area contributed by atoms with E-state index in [0.29, 0.717) is 11.8 Å². The first kappa shape index (κ1) is 10.9. The van der Waals surface area contributed by atoms with E-state index in [1.807, 2.05) is 6.92 Å². The van der Waals surface area contributed by atoms with Crippen molar-refractivity contribution in [2.24, 2.45) is 0 Å². The molecule has 1 heterocycles. The summed E-state index contributed by atoms with van der Waals surface area (Å²) in [6.07, 6.45) is -2.23. The van der Waals surface area contributed by atoms with Gasteiger partial charge in [0.15, 0.2) is 0 Å². The fourth-order valence-corrected chi connectivity index (χ4v) is 1.77. The molecule has 0 bridgehead atoms. The second kappa shape index (κ2) is 3.77. The van der Waals surface area contributed by atoms with Crippen LogP contribution in [0.25, 0.3) is 10.9 Å². The zero-order chi connectivity index (χ0) is 11.8. The molecule has 0 N–H and O–H groups in total. The molecular formula is C12H10F3N. The normalized spacial score (nSPS) is 12.0. The average Bonchev–Trinajstić information content (AvgIpc) is 2.26. The Labute approximate surface area is 90.9 Å². The number of benzene rings is 1. The molecule has 0 saturated heterocycles. The van der Waals surface area contributed by atoms with Gasteiger partial charge in [-0.1, -0.05) is 19.1 Å². The van der Waals surface area contributed by atoms with Gasteiger partial charge in [-0.15, -0.1) is 0 Å². The minimum Gasteiger partial charge on any atom is -0.256 e. The first-order valence-electron chi connectivity index (χ1n) is 4.98. The maximum atomic E-state index is 12.7. The lowest BCUT2D eigenvalue weighted by atomic mass is 10.0. The standard InChI is InChI=1S/C12H10F3N/c1-2-8-6-7-16-11-9(8)4-3-5-10(11)12(13,14)15/h3-7H,2H2,1H3. The van der Waals surface area contributed by atoms with Crippen molar-refractivity contribution in [1.29, 1.82) is 0 Å². The van der Waals surface area contributed by atoms with Crippen molar-refractivity contribution in [1.82, 2.24) is 4.98 Å². The van der Waals surface area contributed by atoms with Crippen LogP contribution in [-0.2, 0) is 12.6 Å². The largest absolute Gasteiger partial charge is 0.418 e. The zero-order valence-corrected chi connectivity index (χ0v) is 8.67. The molecule has 0 unspecified atom stereocenters. The summed E-state index contributed by atoms with van der Waals surface area (Å²) in [7, 11) is 0. The van der Waals surface area contributed by atoms with E-state index in [2.05, 4.69) is 4.98 Å². The van der Waals surface area contributed by atoms with Crippen LogP contribution in [0.15, 0.2) is 30.5 Å². The molecule has 0 amide bonds. The van der Waals surface area contributed by atoms with Crippen molar-refractivity contribution in [2.45, 2.75) is 19.5 Å². The van der Waals surface area contributed by atoms with Crippen LogP contribution in [0.5, 0.6) is 0 Å². The Balaban J connectivity index is 2.79. The molecule has 4 heteroatoms. The van der Waals surface area contributed by atoms with Gasteiger partial charge in [0, 0.05) is 11.6 Å². The number of alkyl halides is 3. The molecule has 1 nitrogen and oxygen atoms in total. The molecule has 0 fully saturated rings. The predicted octanol–water partition coefficient (Wildman–Crippen LogP) is 3.82. The maximum absolute atomic E-state index is 12.7. The van der Waals surface area contributed by atoms with E-state index >= 15 is 0 Å². The first-order valence-corrected chi connectivity index (χ1v) is 4.98. The first-order chi connectivity index (χ1) is 7.54. The molecule has 1 aromatic heterocycles. The Kier molecular flexibility index (Phi) is 2.58. The number of hydrogen-bond acceptors (Lipinski definition) is 1. The highest BCUT2D eigenvalue weighted by molar-refractivity contribution is 5.85. The molecular weight excluding hydrogens is 215 g/mol.